The third-order valence-corrected chi connectivity index (χ3v) is 10.1. The van der Waals surface area contributed by atoms with Crippen LogP contribution in [0.25, 0.3) is 101 Å². The Morgan fingerprint density at radius 3 is 0.759 bits per heavy atom. The van der Waals surface area contributed by atoms with E-state index in [1.165, 1.54) is 0 Å². The zero-order valence-electron chi connectivity index (χ0n) is 31.3. The Bertz CT molecular complexity index is 2690. The first-order valence-corrected chi connectivity index (χ1v) is 19.2. The van der Waals surface area contributed by atoms with Gasteiger partial charge in [-0.15, -0.1) is 0 Å². The molecule has 0 radical (unpaired) electrons. The quantitative estimate of drug-likeness (QED) is 0.154. The molecule has 58 heavy (non-hydrogen) atoms. The lowest BCUT2D eigenvalue weighted by molar-refractivity contribution is 1.18. The normalized spacial score (nSPS) is 11.1. The molecule has 0 bridgehead atoms. The number of fused-ring (bicyclic) bond motifs is 1. The largest absolute Gasteiger partial charge is 0.244 e. The molecule has 10 aromatic rings. The minimum absolute atomic E-state index is 0.654. The van der Waals surface area contributed by atoms with Crippen molar-refractivity contribution in [2.45, 2.75) is 0 Å². The highest BCUT2D eigenvalue weighted by molar-refractivity contribution is 5.87. The summed E-state index contributed by atoms with van der Waals surface area (Å²) in [7, 11) is 0. The second-order valence-corrected chi connectivity index (χ2v) is 14.0. The molecule has 272 valence electrons. The topological polar surface area (TPSA) is 77.3 Å². The van der Waals surface area contributed by atoms with E-state index in [-0.39, 0.29) is 0 Å². The zero-order valence-corrected chi connectivity index (χ0v) is 31.3. The van der Waals surface area contributed by atoms with Crippen LogP contribution in [0.1, 0.15) is 0 Å². The van der Waals surface area contributed by atoms with Gasteiger partial charge in [-0.05, 0) is 24.3 Å². The van der Waals surface area contributed by atoms with Crippen LogP contribution in [-0.2, 0) is 0 Å². The summed E-state index contributed by atoms with van der Waals surface area (Å²) in [4.78, 5) is 30.5. The number of hydrogen-bond acceptors (Lipinski definition) is 6. The van der Waals surface area contributed by atoms with Gasteiger partial charge in [0.05, 0.1) is 45.2 Å². The molecule has 0 aliphatic heterocycles. The first-order chi connectivity index (χ1) is 28.7. The summed E-state index contributed by atoms with van der Waals surface area (Å²) >= 11 is 0. The van der Waals surface area contributed by atoms with Gasteiger partial charge in [-0.25, -0.2) is 29.9 Å². The second-order valence-electron chi connectivity index (χ2n) is 14.0. The molecule has 10 rings (SSSR count). The zero-order chi connectivity index (χ0) is 38.7. The highest BCUT2D eigenvalue weighted by atomic mass is 14.9. The van der Waals surface area contributed by atoms with Crippen LogP contribution in [0.2, 0.25) is 0 Å². The number of nitrogens with zero attached hydrogens (tertiary/aromatic N) is 6. The monoisotopic (exact) mass is 742 g/mol. The standard InChI is InChI=1S/C52H34N6/c1-5-15-35(16-6-1)45-33-46(36-17-7-2-8-18-36)56-51(55-45)41-29-25-39(26-30-41)49-50(54-44-24-14-13-23-43(44)53-49)40-27-31-42(32-28-40)52-57-47(37-19-9-3-10-20-37)34-48(58-52)38-21-11-4-12-22-38/h1-34H. The summed E-state index contributed by atoms with van der Waals surface area (Å²) in [6.45, 7) is 0. The van der Waals surface area contributed by atoms with Crippen LogP contribution in [0.4, 0.5) is 0 Å². The van der Waals surface area contributed by atoms with E-state index in [1.54, 1.807) is 0 Å². The van der Waals surface area contributed by atoms with Crippen molar-refractivity contribution in [3.05, 3.63) is 206 Å². The Balaban J connectivity index is 1.04. The van der Waals surface area contributed by atoms with Gasteiger partial charge in [-0.1, -0.05) is 182 Å². The van der Waals surface area contributed by atoms with Crippen LogP contribution in [0.3, 0.4) is 0 Å². The Morgan fingerprint density at radius 1 is 0.207 bits per heavy atom. The number of rotatable bonds is 8. The summed E-state index contributed by atoms with van der Waals surface area (Å²) in [5.41, 5.74) is 14.5. The summed E-state index contributed by atoms with van der Waals surface area (Å²) in [6, 6.07) is 69.6. The van der Waals surface area contributed by atoms with E-state index in [4.69, 9.17) is 29.9 Å². The Kier molecular flexibility index (Phi) is 9.10. The molecule has 3 aromatic heterocycles. The lowest BCUT2D eigenvalue weighted by atomic mass is 10.0. The average molecular weight is 743 g/mol. The molecule has 0 saturated heterocycles. The van der Waals surface area contributed by atoms with Crippen LogP contribution >= 0.6 is 0 Å². The van der Waals surface area contributed by atoms with Gasteiger partial charge in [0, 0.05) is 44.5 Å². The fourth-order valence-corrected chi connectivity index (χ4v) is 7.14. The van der Waals surface area contributed by atoms with Crippen LogP contribution in [0.15, 0.2) is 206 Å². The molecular formula is C52H34N6. The van der Waals surface area contributed by atoms with E-state index in [0.717, 1.165) is 89.7 Å². The highest BCUT2D eigenvalue weighted by Gasteiger charge is 2.17. The molecule has 0 spiro atoms. The van der Waals surface area contributed by atoms with Crippen molar-refractivity contribution < 1.29 is 0 Å². The second kappa shape index (κ2) is 15.3. The summed E-state index contributed by atoms with van der Waals surface area (Å²) < 4.78 is 0. The van der Waals surface area contributed by atoms with E-state index in [1.807, 2.05) is 97.1 Å². The molecule has 0 aliphatic carbocycles. The molecule has 0 N–H and O–H groups in total. The smallest absolute Gasteiger partial charge is 0.160 e. The Hall–Kier alpha value is -7.96. The maximum absolute atomic E-state index is 5.18. The summed E-state index contributed by atoms with van der Waals surface area (Å²) in [5, 5.41) is 0. The average Bonchev–Trinajstić information content (AvgIpc) is 3.32. The van der Waals surface area contributed by atoms with E-state index >= 15 is 0 Å². The van der Waals surface area contributed by atoms with Crippen LogP contribution in [0.5, 0.6) is 0 Å². The lowest BCUT2D eigenvalue weighted by Gasteiger charge is -2.13. The van der Waals surface area contributed by atoms with Gasteiger partial charge in [-0.2, -0.15) is 0 Å². The van der Waals surface area contributed by atoms with Crippen LogP contribution in [-0.4, -0.2) is 29.9 Å². The third kappa shape index (κ3) is 7.02. The van der Waals surface area contributed by atoms with Gasteiger partial charge in [0.15, 0.2) is 11.6 Å². The van der Waals surface area contributed by atoms with Crippen molar-refractivity contribution in [3.8, 4) is 90.3 Å². The minimum Gasteiger partial charge on any atom is -0.244 e. The summed E-state index contributed by atoms with van der Waals surface area (Å²) in [6.07, 6.45) is 0. The van der Waals surface area contributed by atoms with Gasteiger partial charge in [0.1, 0.15) is 0 Å². The molecule has 0 saturated carbocycles. The van der Waals surface area contributed by atoms with E-state index in [0.29, 0.717) is 11.6 Å². The van der Waals surface area contributed by atoms with Crippen LogP contribution in [0, 0.1) is 0 Å². The number of benzene rings is 7. The first-order valence-electron chi connectivity index (χ1n) is 19.2. The number of para-hydroxylation sites is 2. The van der Waals surface area contributed by atoms with Crippen molar-refractivity contribution in [3.63, 3.8) is 0 Å². The van der Waals surface area contributed by atoms with E-state index < -0.39 is 0 Å². The van der Waals surface area contributed by atoms with Crippen molar-refractivity contribution in [1.29, 1.82) is 0 Å². The summed E-state index contributed by atoms with van der Waals surface area (Å²) in [5.74, 6) is 1.31. The molecule has 3 heterocycles. The predicted molar refractivity (Wildman–Crippen MR) is 234 cm³/mol. The molecule has 0 fully saturated rings. The number of hydrogen-bond donors (Lipinski definition) is 0. The SMILES string of the molecule is c1ccc(-c2cc(-c3ccccc3)nc(-c3ccc(-c4nc5ccccc5nc4-c4ccc(-c5nc(-c6ccccc6)cc(-c6ccccc6)n5)cc4)cc3)n2)cc1. The van der Waals surface area contributed by atoms with Gasteiger partial charge < -0.3 is 0 Å². The first kappa shape index (κ1) is 34.5. The predicted octanol–water partition coefficient (Wildman–Crippen LogP) is 12.5. The molecule has 0 unspecified atom stereocenters. The van der Waals surface area contributed by atoms with Gasteiger partial charge >= 0.3 is 0 Å². The molecular weight excluding hydrogens is 709 g/mol. The van der Waals surface area contributed by atoms with Gasteiger partial charge in [0.2, 0.25) is 0 Å². The number of aromatic nitrogens is 6. The molecule has 0 aliphatic rings. The molecule has 7 aromatic carbocycles. The van der Waals surface area contributed by atoms with Gasteiger partial charge in [0.25, 0.3) is 0 Å². The van der Waals surface area contributed by atoms with E-state index in [9.17, 15) is 0 Å². The van der Waals surface area contributed by atoms with Crippen molar-refractivity contribution in [2.75, 3.05) is 0 Å². The third-order valence-electron chi connectivity index (χ3n) is 10.1. The lowest BCUT2D eigenvalue weighted by Crippen LogP contribution is -1.98. The molecule has 6 nitrogen and oxygen atoms in total. The maximum atomic E-state index is 5.18. The highest BCUT2D eigenvalue weighted by Crippen LogP contribution is 2.35. The van der Waals surface area contributed by atoms with Gasteiger partial charge in [-0.3, -0.25) is 0 Å². The molecule has 0 atom stereocenters. The van der Waals surface area contributed by atoms with Crippen LogP contribution < -0.4 is 0 Å². The van der Waals surface area contributed by atoms with Crippen molar-refractivity contribution >= 4 is 11.0 Å². The van der Waals surface area contributed by atoms with Crippen molar-refractivity contribution in [2.24, 2.45) is 0 Å². The van der Waals surface area contributed by atoms with Crippen molar-refractivity contribution in [1.82, 2.24) is 29.9 Å². The Morgan fingerprint density at radius 2 is 0.466 bits per heavy atom. The fraction of sp³-hybridized carbons (Fsp3) is 0. The minimum atomic E-state index is 0.654. The fourth-order valence-electron chi connectivity index (χ4n) is 7.14. The maximum Gasteiger partial charge on any atom is 0.160 e. The molecule has 0 amide bonds. The molecule has 6 heteroatoms. The Labute approximate surface area is 336 Å². The van der Waals surface area contributed by atoms with E-state index in [2.05, 4.69) is 109 Å².